The van der Waals surface area contributed by atoms with E-state index in [4.69, 9.17) is 4.74 Å². The van der Waals surface area contributed by atoms with E-state index in [1.165, 1.54) is 11.1 Å². The molecule has 0 amide bonds. The Morgan fingerprint density at radius 2 is 2.08 bits per heavy atom. The average Bonchev–Trinajstić information content (AvgIpc) is 3.03. The molecule has 0 aliphatic carbocycles. The fourth-order valence-electron chi connectivity index (χ4n) is 3.36. The van der Waals surface area contributed by atoms with Crippen molar-refractivity contribution in [1.29, 1.82) is 0 Å². The van der Waals surface area contributed by atoms with Gasteiger partial charge in [-0.25, -0.2) is 5.10 Å². The molecule has 24 heavy (non-hydrogen) atoms. The number of aromatic amines is 1. The van der Waals surface area contributed by atoms with E-state index in [1.54, 1.807) is 6.20 Å². The van der Waals surface area contributed by atoms with Gasteiger partial charge in [0.05, 0.1) is 11.9 Å². The molecule has 7 heteroatoms. The summed E-state index contributed by atoms with van der Waals surface area (Å²) in [5, 5.41) is 9.72. The molecular weight excluding hydrogens is 372 g/mol. The maximum Gasteiger partial charge on any atom is 0.280 e. The van der Waals surface area contributed by atoms with E-state index in [9.17, 15) is 4.79 Å². The largest absolute Gasteiger partial charge is 0.490 e. The molecule has 0 saturated carbocycles. The standard InChI is InChI=1S/C17H19BrN4O2/c18-16-14(8-20-21-17(16)23)22-9-11-2-1-3-15(13(11)10-22)24-12-4-6-19-7-5-12/h1-3,8,12,19H,4-7,9-10H2,(H,21,23). The van der Waals surface area contributed by atoms with Crippen molar-refractivity contribution in [3.05, 3.63) is 50.3 Å². The summed E-state index contributed by atoms with van der Waals surface area (Å²) in [5.74, 6) is 0.968. The van der Waals surface area contributed by atoms with Crippen molar-refractivity contribution in [3.63, 3.8) is 0 Å². The number of hydrogen-bond acceptors (Lipinski definition) is 5. The number of halogens is 1. The molecule has 6 nitrogen and oxygen atoms in total. The Labute approximate surface area is 148 Å². The first-order valence-corrected chi connectivity index (χ1v) is 8.98. The predicted octanol–water partition coefficient (Wildman–Crippen LogP) is 2.18. The van der Waals surface area contributed by atoms with Crippen molar-refractivity contribution in [3.8, 4) is 5.75 Å². The van der Waals surface area contributed by atoms with Crippen molar-refractivity contribution in [1.82, 2.24) is 15.5 Å². The number of nitrogens with one attached hydrogen (secondary N) is 2. The molecule has 2 aliphatic rings. The summed E-state index contributed by atoms with van der Waals surface area (Å²) in [6.07, 6.45) is 4.04. The minimum Gasteiger partial charge on any atom is -0.490 e. The van der Waals surface area contributed by atoms with Crippen LogP contribution in [-0.4, -0.2) is 29.4 Å². The average molecular weight is 391 g/mol. The normalized spacial score (nSPS) is 17.8. The maximum atomic E-state index is 11.8. The molecule has 0 spiro atoms. The molecule has 0 radical (unpaired) electrons. The van der Waals surface area contributed by atoms with Crippen LogP contribution in [0.5, 0.6) is 5.75 Å². The number of piperidine rings is 1. The van der Waals surface area contributed by atoms with Gasteiger partial charge < -0.3 is 15.0 Å². The van der Waals surface area contributed by atoms with Crippen LogP contribution in [0.3, 0.4) is 0 Å². The van der Waals surface area contributed by atoms with Crippen LogP contribution in [0.2, 0.25) is 0 Å². The van der Waals surface area contributed by atoms with E-state index in [2.05, 4.69) is 48.5 Å². The van der Waals surface area contributed by atoms with Gasteiger partial charge >= 0.3 is 0 Å². The van der Waals surface area contributed by atoms with Crippen LogP contribution >= 0.6 is 15.9 Å². The van der Waals surface area contributed by atoms with Gasteiger partial charge in [-0.15, -0.1) is 0 Å². The van der Waals surface area contributed by atoms with Gasteiger partial charge in [0.25, 0.3) is 5.56 Å². The number of aromatic nitrogens is 2. The smallest absolute Gasteiger partial charge is 0.280 e. The Kier molecular flexibility index (Phi) is 4.28. The second-order valence-electron chi connectivity index (χ2n) is 6.22. The molecule has 2 aliphatic heterocycles. The second-order valence-corrected chi connectivity index (χ2v) is 7.01. The van der Waals surface area contributed by atoms with Crippen LogP contribution in [0.1, 0.15) is 24.0 Å². The van der Waals surface area contributed by atoms with Crippen LogP contribution < -0.4 is 20.5 Å². The van der Waals surface area contributed by atoms with Crippen molar-refractivity contribution in [2.75, 3.05) is 18.0 Å². The Morgan fingerprint density at radius 3 is 2.92 bits per heavy atom. The molecule has 1 aromatic heterocycles. The van der Waals surface area contributed by atoms with Crippen molar-refractivity contribution >= 4 is 21.6 Å². The number of fused-ring (bicyclic) bond motifs is 1. The van der Waals surface area contributed by atoms with E-state index in [-0.39, 0.29) is 11.7 Å². The number of rotatable bonds is 3. The fourth-order valence-corrected chi connectivity index (χ4v) is 3.80. The highest BCUT2D eigenvalue weighted by Crippen LogP contribution is 2.36. The summed E-state index contributed by atoms with van der Waals surface area (Å²) in [4.78, 5) is 13.9. The number of anilines is 1. The van der Waals surface area contributed by atoms with Crippen LogP contribution in [0.4, 0.5) is 5.69 Å². The summed E-state index contributed by atoms with van der Waals surface area (Å²) in [6, 6.07) is 6.22. The number of ether oxygens (including phenoxy) is 1. The SMILES string of the molecule is O=c1[nH]ncc(N2Cc3cccc(OC4CCNCC4)c3C2)c1Br. The van der Waals surface area contributed by atoms with Crippen LogP contribution in [-0.2, 0) is 13.1 Å². The quantitative estimate of drug-likeness (QED) is 0.840. The van der Waals surface area contributed by atoms with Crippen molar-refractivity contribution in [2.45, 2.75) is 32.0 Å². The lowest BCUT2D eigenvalue weighted by atomic mass is 10.1. The van der Waals surface area contributed by atoms with E-state index < -0.39 is 0 Å². The van der Waals surface area contributed by atoms with E-state index in [0.717, 1.165) is 50.5 Å². The highest BCUT2D eigenvalue weighted by atomic mass is 79.9. The van der Waals surface area contributed by atoms with Crippen LogP contribution in [0.15, 0.2) is 33.7 Å². The Balaban J connectivity index is 1.59. The molecule has 0 atom stereocenters. The van der Waals surface area contributed by atoms with Gasteiger partial charge in [-0.3, -0.25) is 4.79 Å². The van der Waals surface area contributed by atoms with Crippen molar-refractivity contribution < 1.29 is 4.74 Å². The first kappa shape index (κ1) is 15.7. The first-order chi connectivity index (χ1) is 11.7. The number of benzene rings is 1. The molecule has 3 heterocycles. The molecule has 1 saturated heterocycles. The second kappa shape index (κ2) is 6.57. The van der Waals surface area contributed by atoms with Gasteiger partial charge in [-0.1, -0.05) is 12.1 Å². The van der Waals surface area contributed by atoms with E-state index >= 15 is 0 Å². The summed E-state index contributed by atoms with van der Waals surface area (Å²) in [5.41, 5.74) is 3.05. The topological polar surface area (TPSA) is 70.2 Å². The molecule has 0 unspecified atom stereocenters. The number of nitrogens with zero attached hydrogens (tertiary/aromatic N) is 2. The third-order valence-electron chi connectivity index (χ3n) is 4.64. The lowest BCUT2D eigenvalue weighted by Crippen LogP contribution is -2.34. The van der Waals surface area contributed by atoms with Gasteiger partial charge in [-0.2, -0.15) is 5.10 Å². The van der Waals surface area contributed by atoms with Crippen LogP contribution in [0, 0.1) is 0 Å². The highest BCUT2D eigenvalue weighted by molar-refractivity contribution is 9.10. The summed E-state index contributed by atoms with van der Waals surface area (Å²) < 4.78 is 6.79. The van der Waals surface area contributed by atoms with Gasteiger partial charge in [0, 0.05) is 18.7 Å². The molecule has 2 aromatic rings. The third-order valence-corrected chi connectivity index (χ3v) is 5.40. The maximum absolute atomic E-state index is 11.8. The van der Waals surface area contributed by atoms with E-state index in [1.807, 2.05) is 6.07 Å². The molecule has 4 rings (SSSR count). The zero-order chi connectivity index (χ0) is 16.5. The zero-order valence-corrected chi connectivity index (χ0v) is 14.8. The van der Waals surface area contributed by atoms with E-state index in [0.29, 0.717) is 4.47 Å². The molecule has 126 valence electrons. The van der Waals surface area contributed by atoms with Gasteiger partial charge in [0.1, 0.15) is 16.3 Å². The number of H-pyrrole nitrogens is 1. The predicted molar refractivity (Wildman–Crippen MR) is 95.4 cm³/mol. The fraction of sp³-hybridized carbons (Fsp3) is 0.412. The third kappa shape index (κ3) is 2.93. The minimum atomic E-state index is -0.213. The van der Waals surface area contributed by atoms with Gasteiger partial charge in [0.15, 0.2) is 0 Å². The van der Waals surface area contributed by atoms with Crippen LogP contribution in [0.25, 0.3) is 0 Å². The monoisotopic (exact) mass is 390 g/mol. The summed E-state index contributed by atoms with van der Waals surface area (Å²) >= 11 is 3.37. The Morgan fingerprint density at radius 1 is 1.25 bits per heavy atom. The molecule has 2 N–H and O–H groups in total. The molecule has 0 bridgehead atoms. The summed E-state index contributed by atoms with van der Waals surface area (Å²) in [7, 11) is 0. The molecular formula is C17H19BrN4O2. The first-order valence-electron chi connectivity index (χ1n) is 8.18. The zero-order valence-electron chi connectivity index (χ0n) is 13.2. The van der Waals surface area contributed by atoms with Gasteiger partial charge in [-0.05, 0) is 53.5 Å². The molecule has 1 fully saturated rings. The highest BCUT2D eigenvalue weighted by Gasteiger charge is 2.26. The minimum absolute atomic E-state index is 0.213. The lowest BCUT2D eigenvalue weighted by Gasteiger charge is -2.25. The summed E-state index contributed by atoms with van der Waals surface area (Å²) in [6.45, 7) is 3.50. The lowest BCUT2D eigenvalue weighted by molar-refractivity contribution is 0.161. The number of hydrogen-bond donors (Lipinski definition) is 2. The van der Waals surface area contributed by atoms with Crippen molar-refractivity contribution in [2.24, 2.45) is 0 Å². The van der Waals surface area contributed by atoms with Gasteiger partial charge in [0.2, 0.25) is 0 Å². The Bertz CT molecular complexity index is 801. The molecule has 1 aromatic carbocycles. The Hall–Kier alpha value is -1.86.